The van der Waals surface area contributed by atoms with E-state index in [0.717, 1.165) is 55.0 Å². The van der Waals surface area contributed by atoms with Gasteiger partial charge in [-0.15, -0.1) is 0 Å². The summed E-state index contributed by atoms with van der Waals surface area (Å²) in [6.45, 7) is 13.5. The van der Waals surface area contributed by atoms with Crippen molar-refractivity contribution in [1.82, 2.24) is 15.6 Å². The van der Waals surface area contributed by atoms with E-state index < -0.39 is 18.8 Å². The summed E-state index contributed by atoms with van der Waals surface area (Å²) >= 11 is 0. The van der Waals surface area contributed by atoms with Crippen LogP contribution >= 0.6 is 0 Å². The number of amides is 2. The molecule has 0 spiro atoms. The Bertz CT molecular complexity index is 1400. The molecule has 1 aromatic heterocycles. The van der Waals surface area contributed by atoms with Crippen LogP contribution in [0.15, 0.2) is 30.5 Å². The minimum absolute atomic E-state index is 0.00916. The van der Waals surface area contributed by atoms with Gasteiger partial charge in [0.25, 0.3) is 0 Å². The summed E-state index contributed by atoms with van der Waals surface area (Å²) in [5.74, 6) is 2.26. The molecule has 1 saturated heterocycles. The van der Waals surface area contributed by atoms with Crippen LogP contribution in [0.2, 0.25) is 0 Å². The Labute approximate surface area is 269 Å². The quantitative estimate of drug-likeness (QED) is 0.277. The van der Waals surface area contributed by atoms with Gasteiger partial charge in [0.2, 0.25) is 11.8 Å². The first kappa shape index (κ1) is 31.3. The van der Waals surface area contributed by atoms with Crippen LogP contribution in [0.5, 0.6) is 0 Å². The minimum atomic E-state index is -0.684. The number of fused-ring (bicyclic) bond motifs is 2. The maximum absolute atomic E-state index is 14.4. The van der Waals surface area contributed by atoms with Crippen LogP contribution in [0, 0.1) is 40.4 Å². The van der Waals surface area contributed by atoms with Gasteiger partial charge in [0.15, 0.2) is 0 Å². The molecule has 3 N–H and O–H groups in total. The summed E-state index contributed by atoms with van der Waals surface area (Å²) < 4.78 is 13.5. The number of aromatic amines is 1. The molecule has 4 bridgehead atoms. The SMILES string of the molecule is CC(C)C[C@H](NC(=O)[C@H](Cc1c[nH]c2ccccc12)NC(=O)C12CC3CC(CC(C3)C1)C2)B1O[C@@H]2CCC(C)(C)[C@H](C)[C@]2(C)O1. The molecule has 0 unspecified atom stereocenters. The van der Waals surface area contributed by atoms with Crippen LogP contribution in [-0.2, 0) is 25.3 Å². The predicted molar refractivity (Wildman–Crippen MR) is 178 cm³/mol. The lowest BCUT2D eigenvalue weighted by Gasteiger charge is -2.55. The maximum atomic E-state index is 14.4. The molecule has 244 valence electrons. The molecule has 2 amide bonds. The van der Waals surface area contributed by atoms with Crippen LogP contribution in [0.4, 0.5) is 0 Å². The third-order valence-electron chi connectivity index (χ3n) is 13.0. The van der Waals surface area contributed by atoms with Gasteiger partial charge in [0, 0.05) is 28.9 Å². The predicted octanol–water partition coefficient (Wildman–Crippen LogP) is 6.60. The second kappa shape index (κ2) is 11.4. The first-order chi connectivity index (χ1) is 21.3. The highest BCUT2D eigenvalue weighted by Crippen LogP contribution is 2.60. The molecule has 1 aromatic carbocycles. The number of hydrogen-bond acceptors (Lipinski definition) is 4. The fourth-order valence-corrected chi connectivity index (χ4v) is 10.5. The molecule has 45 heavy (non-hydrogen) atoms. The Kier molecular flexibility index (Phi) is 7.95. The number of rotatable bonds is 9. The van der Waals surface area contributed by atoms with Gasteiger partial charge in [-0.05, 0) is 111 Å². The average molecular weight is 616 g/mol. The summed E-state index contributed by atoms with van der Waals surface area (Å²) in [6.07, 6.45) is 12.0. The van der Waals surface area contributed by atoms with Crippen molar-refractivity contribution < 1.29 is 18.9 Å². The van der Waals surface area contributed by atoms with E-state index >= 15 is 0 Å². The lowest BCUT2D eigenvalue weighted by molar-refractivity contribution is -0.148. The minimum Gasteiger partial charge on any atom is -0.404 e. The Hall–Kier alpha value is -2.32. The first-order valence-corrected chi connectivity index (χ1v) is 17.8. The second-order valence-corrected chi connectivity index (χ2v) is 17.1. The monoisotopic (exact) mass is 615 g/mol. The molecule has 6 fully saturated rings. The highest BCUT2D eigenvalue weighted by molar-refractivity contribution is 6.47. The topological polar surface area (TPSA) is 92.5 Å². The van der Waals surface area contributed by atoms with Crippen molar-refractivity contribution in [3.8, 4) is 0 Å². The van der Waals surface area contributed by atoms with Crippen molar-refractivity contribution in [2.75, 3.05) is 0 Å². The molecule has 5 aliphatic carbocycles. The number of H-pyrrole nitrogens is 1. The second-order valence-electron chi connectivity index (χ2n) is 17.1. The third-order valence-corrected chi connectivity index (χ3v) is 13.0. The molecule has 6 aliphatic rings. The van der Waals surface area contributed by atoms with Gasteiger partial charge in [-0.25, -0.2) is 0 Å². The van der Waals surface area contributed by atoms with Crippen molar-refractivity contribution in [1.29, 1.82) is 0 Å². The molecule has 8 heteroatoms. The zero-order valence-corrected chi connectivity index (χ0v) is 28.3. The highest BCUT2D eigenvalue weighted by Gasteiger charge is 2.60. The maximum Gasteiger partial charge on any atom is 0.481 e. The molecule has 8 rings (SSSR count). The van der Waals surface area contributed by atoms with Gasteiger partial charge in [0.05, 0.1) is 17.6 Å². The Morgan fingerprint density at radius 2 is 1.69 bits per heavy atom. The zero-order chi connectivity index (χ0) is 31.7. The van der Waals surface area contributed by atoms with Crippen LogP contribution in [0.3, 0.4) is 0 Å². The molecular weight excluding hydrogens is 561 g/mol. The van der Waals surface area contributed by atoms with E-state index in [4.69, 9.17) is 9.31 Å². The van der Waals surface area contributed by atoms with Crippen molar-refractivity contribution in [3.63, 3.8) is 0 Å². The fraction of sp³-hybridized carbons (Fsp3) is 0.730. The molecule has 5 saturated carbocycles. The first-order valence-electron chi connectivity index (χ1n) is 17.8. The molecule has 0 radical (unpaired) electrons. The number of benzene rings is 1. The fourth-order valence-electron chi connectivity index (χ4n) is 10.5. The van der Waals surface area contributed by atoms with Gasteiger partial charge >= 0.3 is 7.12 Å². The average Bonchev–Trinajstić information content (AvgIpc) is 3.55. The van der Waals surface area contributed by atoms with Crippen LogP contribution < -0.4 is 10.6 Å². The van der Waals surface area contributed by atoms with E-state index in [1.54, 1.807) is 0 Å². The standard InChI is InChI=1S/C37H54BN3O4/c1-22(2)13-32(38-44-31-11-12-35(4,5)23(3)36(31,6)45-38)41-33(42)30(17-27-21-39-29-10-8-7-9-28(27)29)40-34(43)37-18-24-14-25(19-37)16-26(15-24)20-37/h7-10,21-26,30-32,39H,11-20H2,1-6H3,(H,40,43)(H,41,42)/t23-,24?,25?,26?,30-,31+,32-,36-,37?/m0/s1. The van der Waals surface area contributed by atoms with Crippen LogP contribution in [0.25, 0.3) is 10.9 Å². The number of aromatic nitrogens is 1. The van der Waals surface area contributed by atoms with E-state index in [1.165, 1.54) is 19.3 Å². The van der Waals surface area contributed by atoms with Crippen molar-refractivity contribution >= 4 is 29.8 Å². The normalized spacial score (nSPS) is 36.2. The molecule has 5 atom stereocenters. The Morgan fingerprint density at radius 1 is 1.02 bits per heavy atom. The van der Waals surface area contributed by atoms with E-state index in [0.29, 0.717) is 36.0 Å². The number of carbonyl (C=O) groups is 2. The van der Waals surface area contributed by atoms with Crippen LogP contribution in [-0.4, -0.2) is 47.6 Å². The number of carbonyl (C=O) groups excluding carboxylic acids is 2. The molecular formula is C37H54BN3O4. The van der Waals surface area contributed by atoms with Crippen molar-refractivity contribution in [2.24, 2.45) is 40.4 Å². The van der Waals surface area contributed by atoms with E-state index in [1.807, 2.05) is 18.3 Å². The van der Waals surface area contributed by atoms with Gasteiger partial charge in [-0.1, -0.05) is 52.8 Å². The summed E-state index contributed by atoms with van der Waals surface area (Å²) in [6, 6.07) is 7.50. The van der Waals surface area contributed by atoms with Gasteiger partial charge in [-0.2, -0.15) is 0 Å². The Morgan fingerprint density at radius 3 is 2.36 bits per heavy atom. The summed E-state index contributed by atoms with van der Waals surface area (Å²) in [5, 5.41) is 7.83. The number of hydrogen-bond donors (Lipinski definition) is 3. The summed E-state index contributed by atoms with van der Waals surface area (Å²) in [4.78, 5) is 32.1. The van der Waals surface area contributed by atoms with E-state index in [9.17, 15) is 9.59 Å². The molecule has 2 heterocycles. The number of para-hydroxylation sites is 1. The lowest BCUT2D eigenvalue weighted by atomic mass is 9.49. The largest absolute Gasteiger partial charge is 0.481 e. The summed E-state index contributed by atoms with van der Waals surface area (Å²) in [5.41, 5.74) is 1.52. The third kappa shape index (κ3) is 5.66. The van der Waals surface area contributed by atoms with E-state index in [2.05, 4.69) is 69.3 Å². The molecule has 2 aromatic rings. The number of nitrogens with one attached hydrogen (secondary N) is 3. The Balaban J connectivity index is 1.14. The summed E-state index contributed by atoms with van der Waals surface area (Å²) in [7, 11) is -0.518. The van der Waals surface area contributed by atoms with Gasteiger partial charge in [-0.3, -0.25) is 9.59 Å². The molecule has 7 nitrogen and oxygen atoms in total. The van der Waals surface area contributed by atoms with Gasteiger partial charge < -0.3 is 24.9 Å². The molecule has 1 aliphatic heterocycles. The lowest BCUT2D eigenvalue weighted by Crippen LogP contribution is -2.59. The van der Waals surface area contributed by atoms with Crippen molar-refractivity contribution in [3.05, 3.63) is 36.0 Å². The smallest absolute Gasteiger partial charge is 0.404 e. The van der Waals surface area contributed by atoms with Crippen LogP contribution in [0.1, 0.15) is 105 Å². The van der Waals surface area contributed by atoms with Crippen molar-refractivity contribution in [2.45, 2.75) is 129 Å². The van der Waals surface area contributed by atoms with Gasteiger partial charge in [0.1, 0.15) is 6.04 Å². The highest BCUT2D eigenvalue weighted by atomic mass is 16.7. The van der Waals surface area contributed by atoms with E-state index in [-0.39, 0.29) is 34.7 Å². The zero-order valence-electron chi connectivity index (χ0n) is 28.3.